The van der Waals surface area contributed by atoms with E-state index < -0.39 is 11.5 Å². The molecular weight excluding hydrogens is 214 g/mol. The van der Waals surface area contributed by atoms with Crippen LogP contribution in [0.3, 0.4) is 0 Å². The monoisotopic (exact) mass is 221 g/mol. The number of carbonyl (C=O) groups is 1. The fourth-order valence-electron chi connectivity index (χ4n) is 1.10. The van der Waals surface area contributed by atoms with Gasteiger partial charge in [0.15, 0.2) is 5.88 Å². The summed E-state index contributed by atoms with van der Waals surface area (Å²) >= 11 is 0. The quantitative estimate of drug-likeness (QED) is 0.605. The number of aromatic amines is 1. The molecule has 0 bridgehead atoms. The van der Waals surface area contributed by atoms with Gasteiger partial charge in [-0.05, 0) is 0 Å². The Bertz CT molecular complexity index is 559. The van der Waals surface area contributed by atoms with E-state index >= 15 is 0 Å². The molecule has 0 aliphatic carbocycles. The zero-order valence-corrected chi connectivity index (χ0v) is 7.91. The van der Waals surface area contributed by atoms with Crippen LogP contribution in [0.1, 0.15) is 10.4 Å². The van der Waals surface area contributed by atoms with Crippen molar-refractivity contribution in [3.05, 3.63) is 40.7 Å². The fourth-order valence-corrected chi connectivity index (χ4v) is 1.10. The first kappa shape index (κ1) is 9.90. The van der Waals surface area contributed by atoms with Crippen LogP contribution in [0, 0.1) is 0 Å². The molecule has 2 aromatic heterocycles. The Morgan fingerprint density at radius 3 is 2.69 bits per heavy atom. The molecule has 16 heavy (non-hydrogen) atoms. The van der Waals surface area contributed by atoms with Gasteiger partial charge >= 0.3 is 0 Å². The van der Waals surface area contributed by atoms with E-state index in [4.69, 9.17) is 5.11 Å². The zero-order chi connectivity index (χ0) is 11.5. The standard InChI is InChI=1S/C8H7N5O3/c14-6-1-5(2-7(15)11-6)8(16)12-13-3-9-10-4-13/h1-4H,(H,12,16)(H2,11,14,15). The molecule has 0 spiro atoms. The average Bonchev–Trinajstić information content (AvgIpc) is 2.68. The van der Waals surface area contributed by atoms with Gasteiger partial charge in [0.25, 0.3) is 11.5 Å². The summed E-state index contributed by atoms with van der Waals surface area (Å²) in [6.45, 7) is 0. The summed E-state index contributed by atoms with van der Waals surface area (Å²) in [5.74, 6) is -0.928. The van der Waals surface area contributed by atoms with E-state index in [0.29, 0.717) is 0 Å². The molecule has 3 N–H and O–H groups in total. The third-order valence-electron chi connectivity index (χ3n) is 1.74. The van der Waals surface area contributed by atoms with Gasteiger partial charge in [0.2, 0.25) is 0 Å². The maximum Gasteiger partial charge on any atom is 0.270 e. The highest BCUT2D eigenvalue weighted by Gasteiger charge is 2.08. The Labute approximate surface area is 88.5 Å². The van der Waals surface area contributed by atoms with Crippen molar-refractivity contribution in [3.63, 3.8) is 0 Å². The van der Waals surface area contributed by atoms with E-state index in [9.17, 15) is 9.59 Å². The lowest BCUT2D eigenvalue weighted by Crippen LogP contribution is -2.23. The van der Waals surface area contributed by atoms with E-state index in [1.54, 1.807) is 0 Å². The van der Waals surface area contributed by atoms with Crippen LogP contribution in [0.5, 0.6) is 5.88 Å². The lowest BCUT2D eigenvalue weighted by atomic mass is 10.2. The van der Waals surface area contributed by atoms with Crippen molar-refractivity contribution < 1.29 is 9.90 Å². The van der Waals surface area contributed by atoms with E-state index in [0.717, 1.165) is 12.1 Å². The summed E-state index contributed by atoms with van der Waals surface area (Å²) in [7, 11) is 0. The number of carbonyl (C=O) groups excluding carboxylic acids is 1. The van der Waals surface area contributed by atoms with Gasteiger partial charge in [-0.3, -0.25) is 20.0 Å². The number of nitrogens with one attached hydrogen (secondary N) is 2. The molecule has 0 unspecified atom stereocenters. The number of rotatable bonds is 2. The second kappa shape index (κ2) is 3.85. The average molecular weight is 221 g/mol. The number of nitrogens with zero attached hydrogens (tertiary/aromatic N) is 3. The van der Waals surface area contributed by atoms with Crippen LogP contribution in [-0.2, 0) is 0 Å². The normalized spacial score (nSPS) is 10.0. The second-order valence-electron chi connectivity index (χ2n) is 2.93. The molecule has 0 atom stereocenters. The number of pyridine rings is 1. The summed E-state index contributed by atoms with van der Waals surface area (Å²) < 4.78 is 1.22. The van der Waals surface area contributed by atoms with Crippen LogP contribution in [0.4, 0.5) is 0 Å². The summed E-state index contributed by atoms with van der Waals surface area (Å²) in [6.07, 6.45) is 2.57. The van der Waals surface area contributed by atoms with Crippen molar-refractivity contribution in [2.45, 2.75) is 0 Å². The minimum absolute atomic E-state index is 0.0370. The minimum Gasteiger partial charge on any atom is -0.494 e. The predicted molar refractivity (Wildman–Crippen MR) is 52.4 cm³/mol. The van der Waals surface area contributed by atoms with Gasteiger partial charge in [-0.2, -0.15) is 0 Å². The van der Waals surface area contributed by atoms with E-state index in [-0.39, 0.29) is 11.4 Å². The molecule has 8 heteroatoms. The number of aromatic hydroxyl groups is 1. The highest BCUT2D eigenvalue weighted by molar-refractivity contribution is 5.99. The summed E-state index contributed by atoms with van der Waals surface area (Å²) in [6, 6.07) is 2.21. The maximum absolute atomic E-state index is 11.6. The Hall–Kier alpha value is -2.64. The highest BCUT2D eigenvalue weighted by Crippen LogP contribution is 2.04. The van der Waals surface area contributed by atoms with Crippen LogP contribution >= 0.6 is 0 Å². The van der Waals surface area contributed by atoms with Crippen LogP contribution in [0.2, 0.25) is 0 Å². The van der Waals surface area contributed by atoms with Gasteiger partial charge in [-0.25, -0.2) is 4.68 Å². The van der Waals surface area contributed by atoms with E-state index in [1.165, 1.54) is 17.3 Å². The van der Waals surface area contributed by atoms with Gasteiger partial charge in [0.05, 0.1) is 5.56 Å². The van der Waals surface area contributed by atoms with Crippen molar-refractivity contribution in [2.24, 2.45) is 0 Å². The molecule has 2 rings (SSSR count). The Morgan fingerprint density at radius 1 is 1.38 bits per heavy atom. The summed E-state index contributed by atoms with van der Waals surface area (Å²) in [5, 5.41) is 16.1. The molecule has 2 aromatic rings. The molecule has 0 saturated carbocycles. The molecular formula is C8H7N5O3. The smallest absolute Gasteiger partial charge is 0.270 e. The molecule has 1 amide bonds. The van der Waals surface area contributed by atoms with Gasteiger partial charge in [0.1, 0.15) is 12.7 Å². The first-order chi connectivity index (χ1) is 7.65. The summed E-state index contributed by atoms with van der Waals surface area (Å²) in [5.41, 5.74) is 1.86. The number of hydrogen-bond donors (Lipinski definition) is 3. The lowest BCUT2D eigenvalue weighted by molar-refractivity contribution is 0.101. The van der Waals surface area contributed by atoms with E-state index in [1.807, 2.05) is 0 Å². The van der Waals surface area contributed by atoms with Crippen LogP contribution in [0.15, 0.2) is 29.6 Å². The number of H-pyrrole nitrogens is 1. The Kier molecular flexibility index (Phi) is 2.38. The fraction of sp³-hybridized carbons (Fsp3) is 0. The third kappa shape index (κ3) is 2.05. The molecule has 82 valence electrons. The first-order valence-corrected chi connectivity index (χ1v) is 4.24. The van der Waals surface area contributed by atoms with E-state index in [2.05, 4.69) is 20.6 Å². The maximum atomic E-state index is 11.6. The topological polar surface area (TPSA) is 113 Å². The van der Waals surface area contributed by atoms with Crippen molar-refractivity contribution in [1.29, 1.82) is 0 Å². The van der Waals surface area contributed by atoms with Gasteiger partial charge in [-0.15, -0.1) is 10.2 Å². The second-order valence-corrected chi connectivity index (χ2v) is 2.93. The number of aromatic nitrogens is 4. The predicted octanol–water partition coefficient (Wildman–Crippen LogP) is -0.944. The third-order valence-corrected chi connectivity index (χ3v) is 1.74. The Balaban J connectivity index is 2.24. The largest absolute Gasteiger partial charge is 0.494 e. The van der Waals surface area contributed by atoms with Crippen molar-refractivity contribution in [3.8, 4) is 5.88 Å². The van der Waals surface area contributed by atoms with Gasteiger partial charge < -0.3 is 5.11 Å². The molecule has 0 radical (unpaired) electrons. The first-order valence-electron chi connectivity index (χ1n) is 4.24. The number of hydrogen-bond acceptors (Lipinski definition) is 5. The number of amides is 1. The van der Waals surface area contributed by atoms with Crippen LogP contribution < -0.4 is 11.0 Å². The van der Waals surface area contributed by atoms with Crippen molar-refractivity contribution in [2.75, 3.05) is 5.43 Å². The van der Waals surface area contributed by atoms with Gasteiger partial charge in [0, 0.05) is 12.1 Å². The molecule has 0 aromatic carbocycles. The van der Waals surface area contributed by atoms with Crippen LogP contribution in [-0.4, -0.2) is 30.9 Å². The lowest BCUT2D eigenvalue weighted by Gasteiger charge is -2.03. The van der Waals surface area contributed by atoms with Crippen molar-refractivity contribution >= 4 is 5.91 Å². The highest BCUT2D eigenvalue weighted by atomic mass is 16.3. The van der Waals surface area contributed by atoms with Crippen LogP contribution in [0.25, 0.3) is 0 Å². The SMILES string of the molecule is O=C(Nn1cnnc1)c1cc(O)[nH]c(=O)c1. The summed E-state index contributed by atoms with van der Waals surface area (Å²) in [4.78, 5) is 24.7. The van der Waals surface area contributed by atoms with Gasteiger partial charge in [-0.1, -0.05) is 0 Å². The zero-order valence-electron chi connectivity index (χ0n) is 7.91. The van der Waals surface area contributed by atoms with Crippen molar-refractivity contribution in [1.82, 2.24) is 19.9 Å². The molecule has 2 heterocycles. The molecule has 8 nitrogen and oxygen atoms in total. The minimum atomic E-state index is -0.561. The molecule has 0 aliphatic heterocycles. The Morgan fingerprint density at radius 2 is 2.06 bits per heavy atom. The molecule has 0 saturated heterocycles. The molecule has 0 fully saturated rings. The molecule has 0 aliphatic rings.